The first kappa shape index (κ1) is 31.7. The van der Waals surface area contributed by atoms with Crippen molar-refractivity contribution < 1.29 is 87.8 Å². The largest absolute Gasteiger partial charge is 0.449 e. The molecule has 0 radical (unpaired) electrons. The van der Waals surface area contributed by atoms with E-state index in [-0.39, 0.29) is 0 Å². The van der Waals surface area contributed by atoms with E-state index < -0.39 is 79.8 Å². The highest BCUT2D eigenvalue weighted by Crippen LogP contribution is 2.56. The lowest BCUT2D eigenvalue weighted by molar-refractivity contribution is -0.286. The summed E-state index contributed by atoms with van der Waals surface area (Å²) in [6.45, 7) is 0. The number of rotatable bonds is 8. The Balaban J connectivity index is 7.15. The van der Waals surface area contributed by atoms with Gasteiger partial charge in [0.15, 0.2) is 0 Å². The molecular weight excluding hydrogens is 535 g/mol. The molecule has 0 aliphatic rings. The van der Waals surface area contributed by atoms with E-state index in [9.17, 15) is 87.8 Å². The lowest BCUT2D eigenvalue weighted by Crippen LogP contribution is -2.59. The molecule has 0 aromatic rings. The maximum atomic E-state index is 13.4. The lowest BCUT2D eigenvalue weighted by Gasteiger charge is -2.47. The van der Waals surface area contributed by atoms with E-state index in [1.807, 2.05) is 0 Å². The molecule has 33 heavy (non-hydrogen) atoms. The van der Waals surface area contributed by atoms with Crippen molar-refractivity contribution in [2.75, 3.05) is 0 Å². The maximum Gasteiger partial charge on any atom is 0.449 e. The molecule has 0 rings (SSSR count). The summed E-state index contributed by atoms with van der Waals surface area (Å²) in [6, 6.07) is 0. The Morgan fingerprint density at radius 3 is 0.485 bits per heavy atom. The summed E-state index contributed by atoms with van der Waals surface area (Å²) in [5.41, 5.74) is 0. The second-order valence-electron chi connectivity index (χ2n) is 7.36. The second kappa shape index (κ2) is 8.40. The molecule has 21 heteroatoms. The van der Waals surface area contributed by atoms with Crippen molar-refractivity contribution in [1.29, 1.82) is 0 Å². The number of hydrogen-bond acceptors (Lipinski definition) is 0. The van der Waals surface area contributed by atoms with Crippen LogP contribution in [0.4, 0.5) is 87.8 Å². The second-order valence-corrected chi connectivity index (χ2v) is 7.36. The van der Waals surface area contributed by atoms with Gasteiger partial charge < -0.3 is 0 Å². The minimum absolute atomic E-state index is 4.06. The van der Waals surface area contributed by atoms with E-state index in [2.05, 4.69) is 0 Å². The van der Waals surface area contributed by atoms with Crippen molar-refractivity contribution in [1.82, 2.24) is 0 Å². The van der Waals surface area contributed by atoms with Crippen LogP contribution < -0.4 is 0 Å². The molecule has 0 saturated carbocycles. The van der Waals surface area contributed by atoms with Crippen LogP contribution in [0.3, 0.4) is 0 Å². The molecule has 0 unspecified atom stereocenters. The van der Waals surface area contributed by atoms with E-state index in [0.717, 1.165) is 0 Å². The minimum atomic E-state index is -7.13. The van der Waals surface area contributed by atoms with Gasteiger partial charge in [-0.2, -0.15) is 52.7 Å². The third-order valence-corrected chi connectivity index (χ3v) is 4.42. The van der Waals surface area contributed by atoms with E-state index in [4.69, 9.17) is 0 Å². The Kier molecular flexibility index (Phi) is 8.06. The molecule has 0 heterocycles. The number of halogens is 20. The highest BCUT2D eigenvalue weighted by molar-refractivity contribution is 6.80. The van der Waals surface area contributed by atoms with Crippen LogP contribution in [0.2, 0.25) is 25.3 Å². The molecule has 0 spiro atoms. The molecule has 0 nitrogen and oxygen atoms in total. The van der Waals surface area contributed by atoms with Gasteiger partial charge in [-0.15, -0.1) is 25.3 Å². The monoisotopic (exact) mass is 543 g/mol. The molecular formula is C12H8BF20-. The van der Waals surface area contributed by atoms with E-state index in [0.29, 0.717) is 0 Å². The fourth-order valence-corrected chi connectivity index (χ4v) is 3.07. The highest BCUT2D eigenvalue weighted by Gasteiger charge is 2.69. The van der Waals surface area contributed by atoms with Gasteiger partial charge in [-0.1, -0.05) is 0 Å². The summed E-state index contributed by atoms with van der Waals surface area (Å²) < 4.78 is 256. The number of alkyl halides is 20. The Hall–Kier alpha value is -1.34. The zero-order chi connectivity index (χ0) is 27.3. The van der Waals surface area contributed by atoms with Crippen LogP contribution >= 0.6 is 0 Å². The minimum Gasteiger partial charge on any atom is -0.200 e. The summed E-state index contributed by atoms with van der Waals surface area (Å²) in [4.78, 5) is 0. The fourth-order valence-electron chi connectivity index (χ4n) is 3.07. The van der Waals surface area contributed by atoms with Gasteiger partial charge in [0.1, 0.15) is 0 Å². The SMILES string of the molecule is FC(F)(F)C(F)(F)C[B-](CC(F)(F)C(F)(F)F)(CC(F)(F)C(F)(F)F)CC(F)(F)C(F)(F)F. The van der Waals surface area contributed by atoms with Gasteiger partial charge in [0.05, 0.1) is 0 Å². The zero-order valence-corrected chi connectivity index (χ0v) is 15.0. The van der Waals surface area contributed by atoms with Crippen LogP contribution in [0.25, 0.3) is 0 Å². The van der Waals surface area contributed by atoms with E-state index >= 15 is 0 Å². The molecule has 0 aromatic carbocycles. The molecule has 0 aromatic heterocycles. The third-order valence-electron chi connectivity index (χ3n) is 4.42. The van der Waals surface area contributed by atoms with Crippen LogP contribution in [-0.2, 0) is 0 Å². The van der Waals surface area contributed by atoms with Crippen molar-refractivity contribution in [2.24, 2.45) is 0 Å². The quantitative estimate of drug-likeness (QED) is 0.214. The molecule has 0 aliphatic carbocycles. The van der Waals surface area contributed by atoms with Crippen LogP contribution in [0.5, 0.6) is 0 Å². The normalized spacial score (nSPS) is 16.4. The van der Waals surface area contributed by atoms with Gasteiger partial charge in [0.25, 0.3) is 0 Å². The molecule has 0 N–H and O–H groups in total. The Morgan fingerprint density at radius 2 is 0.394 bits per heavy atom. The summed E-state index contributed by atoms with van der Waals surface area (Å²) >= 11 is 0. The predicted molar refractivity (Wildman–Crippen MR) is 69.0 cm³/mol. The molecule has 0 saturated heterocycles. The summed E-state index contributed by atoms with van der Waals surface area (Å²) in [6.07, 6.45) is -51.3. The maximum absolute atomic E-state index is 13.4. The Bertz CT molecular complexity index is 543. The molecule has 0 fully saturated rings. The molecule has 0 bridgehead atoms. The topological polar surface area (TPSA) is 0 Å². The summed E-state index contributed by atoms with van der Waals surface area (Å²) in [5.74, 6) is -27.3. The van der Waals surface area contributed by atoms with E-state index in [1.165, 1.54) is 0 Å². The Labute approximate surface area is 169 Å². The van der Waals surface area contributed by atoms with Gasteiger partial charge in [-0.3, -0.25) is 0 Å². The summed E-state index contributed by atoms with van der Waals surface area (Å²) in [7, 11) is 0. The van der Waals surface area contributed by atoms with E-state index in [1.54, 1.807) is 0 Å². The first-order chi connectivity index (χ1) is 13.8. The van der Waals surface area contributed by atoms with Gasteiger partial charge >= 0.3 is 48.4 Å². The zero-order valence-electron chi connectivity index (χ0n) is 15.0. The third kappa shape index (κ3) is 7.32. The predicted octanol–water partition coefficient (Wildman–Crippen LogP) is 8.23. The fraction of sp³-hybridized carbons (Fsp3) is 1.00. The Morgan fingerprint density at radius 1 is 0.273 bits per heavy atom. The van der Waals surface area contributed by atoms with Crippen LogP contribution in [0.15, 0.2) is 0 Å². The standard InChI is InChI=1S/C12H8BF20/c14-5(15,9(22,23)24)1-13(2-6(16,17)10(25,26)27,3-7(18,19)11(28,29)30)4-8(20,21)12(31,32)33/h1-4H2/q-1. The van der Waals surface area contributed by atoms with Crippen LogP contribution in [0.1, 0.15) is 0 Å². The van der Waals surface area contributed by atoms with Crippen LogP contribution in [-0.4, -0.2) is 54.5 Å². The van der Waals surface area contributed by atoms with Gasteiger partial charge in [-0.25, -0.2) is 35.1 Å². The van der Waals surface area contributed by atoms with Gasteiger partial charge in [0.2, 0.25) is 0 Å². The van der Waals surface area contributed by atoms with Crippen molar-refractivity contribution in [3.05, 3.63) is 0 Å². The van der Waals surface area contributed by atoms with Gasteiger partial charge in [0, 0.05) is 6.15 Å². The lowest BCUT2D eigenvalue weighted by atomic mass is 9.16. The average Bonchev–Trinajstić information content (AvgIpc) is 2.38. The molecule has 0 amide bonds. The van der Waals surface area contributed by atoms with Crippen molar-refractivity contribution >= 4 is 6.15 Å². The van der Waals surface area contributed by atoms with Crippen molar-refractivity contribution in [3.63, 3.8) is 0 Å². The first-order valence-corrected chi connectivity index (χ1v) is 7.83. The summed E-state index contributed by atoms with van der Waals surface area (Å²) in [5, 5.41) is 0. The van der Waals surface area contributed by atoms with Crippen molar-refractivity contribution in [3.8, 4) is 0 Å². The highest BCUT2D eigenvalue weighted by atomic mass is 19.4. The average molecular weight is 543 g/mol. The van der Waals surface area contributed by atoms with Crippen molar-refractivity contribution in [2.45, 2.75) is 73.7 Å². The molecule has 0 aliphatic heterocycles. The number of hydrogen-bond donors (Lipinski definition) is 0. The molecule has 0 atom stereocenters. The first-order valence-electron chi connectivity index (χ1n) is 7.83. The van der Waals surface area contributed by atoms with Crippen LogP contribution in [0, 0.1) is 0 Å². The van der Waals surface area contributed by atoms with Gasteiger partial charge in [-0.05, 0) is 0 Å². The molecule has 200 valence electrons. The smallest absolute Gasteiger partial charge is 0.200 e.